The third-order valence-corrected chi connectivity index (χ3v) is 19.4. The van der Waals surface area contributed by atoms with Gasteiger partial charge in [-0.2, -0.15) is 0 Å². The lowest BCUT2D eigenvalue weighted by molar-refractivity contribution is -0.942. The number of Topliss-reactive ketones (excluding diaryl/α,β-unsaturated/α-hetero) is 2. The van der Waals surface area contributed by atoms with Crippen LogP contribution >= 0.6 is 11.3 Å². The van der Waals surface area contributed by atoms with Gasteiger partial charge in [0.05, 0.1) is 25.6 Å². The summed E-state index contributed by atoms with van der Waals surface area (Å²) in [6, 6.07) is 13.8. The quantitative estimate of drug-likeness (QED) is 0.00827. The molecule has 2 aliphatic heterocycles. The Hall–Kier alpha value is -7.66. The van der Waals surface area contributed by atoms with Crippen LogP contribution in [0.15, 0.2) is 72.1 Å². The average Bonchev–Trinajstić information content (AvgIpc) is 1.45. The summed E-state index contributed by atoms with van der Waals surface area (Å²) in [6.07, 6.45) is 9.48. The molecule has 2 fully saturated rings. The number of benzene rings is 2. The number of nitrogens with two attached hydrogens (primary N) is 1. The Labute approximate surface area is 539 Å². The molecule has 9 unspecified atom stereocenters. The Morgan fingerprint density at radius 3 is 2.12 bits per heavy atom. The minimum Gasteiger partial charge on any atom is -0.481 e. The van der Waals surface area contributed by atoms with Crippen LogP contribution in [-0.2, 0) is 62.5 Å². The van der Waals surface area contributed by atoms with Crippen LogP contribution in [0.4, 0.5) is 4.79 Å². The van der Waals surface area contributed by atoms with Gasteiger partial charge in [0.2, 0.25) is 22.7 Å². The van der Waals surface area contributed by atoms with Gasteiger partial charge in [-0.1, -0.05) is 102 Å². The number of nitrogens with one attached hydrogen (secondary N) is 4. The van der Waals surface area contributed by atoms with Gasteiger partial charge in [0.15, 0.2) is 17.6 Å². The fraction of sp³-hybridized carbons (Fsp3) is 0.588. The minimum absolute atomic E-state index is 0.00630. The number of likely N-dealkylation sites (tertiary alicyclic amines) is 1. The third kappa shape index (κ3) is 20.4. The molecule has 1 aromatic heterocycles. The van der Waals surface area contributed by atoms with Crippen LogP contribution in [0.3, 0.4) is 0 Å². The number of quaternary nitrogens is 1. The Morgan fingerprint density at radius 2 is 1.49 bits per heavy atom. The minimum atomic E-state index is -1.34. The number of carbonyl (C=O) groups excluding carboxylic acids is 10. The van der Waals surface area contributed by atoms with Crippen LogP contribution < -0.4 is 27.0 Å². The number of aliphatic carboxylic acids is 1. The van der Waals surface area contributed by atoms with Crippen molar-refractivity contribution in [3.05, 3.63) is 99.5 Å². The lowest BCUT2D eigenvalue weighted by Crippen LogP contribution is -2.63. The second kappa shape index (κ2) is 34.1. The molecule has 23 heteroatoms. The van der Waals surface area contributed by atoms with Crippen molar-refractivity contribution in [3.8, 4) is 0 Å². The summed E-state index contributed by atoms with van der Waals surface area (Å²) >= 11 is 0.997. The lowest BCUT2D eigenvalue weighted by Gasteiger charge is -2.44. The molecule has 0 radical (unpaired) electrons. The molecule has 0 spiro atoms. The van der Waals surface area contributed by atoms with E-state index in [2.05, 4.69) is 33.3 Å². The number of hydrogen-bond acceptors (Lipinski definition) is 14. The van der Waals surface area contributed by atoms with E-state index in [9.17, 15) is 57.8 Å². The van der Waals surface area contributed by atoms with Gasteiger partial charge in [-0.25, -0.2) is 14.6 Å². The van der Waals surface area contributed by atoms with Crippen LogP contribution in [0.1, 0.15) is 175 Å². The molecule has 9 atom stereocenters. The number of aromatic nitrogens is 1. The highest BCUT2D eigenvalue weighted by Crippen LogP contribution is 2.42. The number of rotatable bonds is 37. The lowest BCUT2D eigenvalue weighted by atomic mass is 9.67. The molecular formula is C68H96N9O13S+. The summed E-state index contributed by atoms with van der Waals surface area (Å²) in [5.74, 6) is -5.54. The summed E-state index contributed by atoms with van der Waals surface area (Å²) in [5, 5.41) is 22.7. The molecule has 1 aliphatic carbocycles. The van der Waals surface area contributed by atoms with Gasteiger partial charge in [0.1, 0.15) is 29.8 Å². The molecule has 3 aromatic rings. The van der Waals surface area contributed by atoms with Crippen molar-refractivity contribution in [3.63, 3.8) is 0 Å². The van der Waals surface area contributed by atoms with Gasteiger partial charge in [-0.3, -0.25) is 48.1 Å². The number of likely N-dealkylation sites (N-methyl/N-ethyl adjacent to an activating group) is 2. The van der Waals surface area contributed by atoms with Gasteiger partial charge in [0.25, 0.3) is 17.7 Å². The van der Waals surface area contributed by atoms with Crippen molar-refractivity contribution in [1.29, 1.82) is 0 Å². The summed E-state index contributed by atoms with van der Waals surface area (Å²) in [4.78, 5) is 152. The van der Waals surface area contributed by atoms with E-state index in [0.29, 0.717) is 100 Å². The van der Waals surface area contributed by atoms with E-state index in [1.165, 1.54) is 22.4 Å². The maximum atomic E-state index is 14.7. The molecular weight excluding hydrogens is 1180 g/mol. The number of primary amides is 1. The summed E-state index contributed by atoms with van der Waals surface area (Å²) < 4.78 is 6.29. The standard InChI is InChI=1S/C68H95N9O13S/c1-9-44(4)59(62(83)75(7)53(43(2)3)37-46(6)90-64(86)61-72-52(42-91-61)56(79)40-50(36-45(5)63(84)85)38-47-20-12-10-13-21-47)74-60(82)54-23-14-17-35-77(54,8)41-49-26-24-48(25-27-49)39-55(78)51(22-18-33-71-67(69)89)73-66(88)68(30-19-31-68)65(87)70-32-15-11-16-34-76-57(80)28-29-58(76)81/h10,12-13,20-21,24-29,42-46,50-51,53-54,59H,9,11,14-19,22-23,30-41H2,1-8H3,(H6-,69,70,71,73,74,82,84,85,87,88,89)/p+1. The van der Waals surface area contributed by atoms with Crippen LogP contribution in [0.25, 0.3) is 0 Å². The zero-order valence-electron chi connectivity index (χ0n) is 54.3. The van der Waals surface area contributed by atoms with Crippen molar-refractivity contribution < 1.29 is 67.1 Å². The van der Waals surface area contributed by atoms with Crippen LogP contribution in [-0.4, -0.2) is 160 Å². The van der Waals surface area contributed by atoms with E-state index in [4.69, 9.17) is 10.5 Å². The number of amides is 8. The van der Waals surface area contributed by atoms with Crippen molar-refractivity contribution >= 4 is 76.3 Å². The second-order valence-electron chi connectivity index (χ2n) is 26.0. The fourth-order valence-electron chi connectivity index (χ4n) is 12.7. The number of hydrogen-bond donors (Lipinski definition) is 6. The molecule has 3 heterocycles. The van der Waals surface area contributed by atoms with Crippen molar-refractivity contribution in [1.82, 2.24) is 36.1 Å². The molecule has 0 bridgehead atoms. The predicted molar refractivity (Wildman–Crippen MR) is 344 cm³/mol. The Balaban J connectivity index is 1.04. The molecule has 496 valence electrons. The highest BCUT2D eigenvalue weighted by molar-refractivity contribution is 7.11. The number of urea groups is 1. The number of carbonyl (C=O) groups is 11. The number of unbranched alkanes of at least 4 members (excludes halogenated alkanes) is 2. The van der Waals surface area contributed by atoms with Gasteiger partial charge >= 0.3 is 18.0 Å². The van der Waals surface area contributed by atoms with E-state index in [-0.39, 0.29) is 102 Å². The number of thiazole rings is 1. The van der Waals surface area contributed by atoms with Crippen molar-refractivity contribution in [2.75, 3.05) is 40.3 Å². The zero-order chi connectivity index (χ0) is 66.6. The number of piperidine rings is 1. The van der Waals surface area contributed by atoms with E-state index in [1.54, 1.807) is 25.8 Å². The molecule has 8 amide bonds. The summed E-state index contributed by atoms with van der Waals surface area (Å²) in [5.41, 5.74) is 6.69. The first-order chi connectivity index (χ1) is 43.2. The SMILES string of the molecule is CCC(C)C(NC(=O)C1CCCC[N+]1(C)Cc1ccc(CC(=O)C(CCCNC(N)=O)NC(=O)C2(C(=O)NCCCCCN3C(=O)C=CC3=O)CCC2)cc1)C(=O)N(C)C(CC(C)OC(=O)c1nc(C(=O)CC(Cc2ccccc2)CC(C)C(=O)O)cs1)C(C)C. The molecule has 91 heavy (non-hydrogen) atoms. The monoisotopic (exact) mass is 1280 g/mol. The first-order valence-electron chi connectivity index (χ1n) is 32.4. The van der Waals surface area contributed by atoms with Crippen LogP contribution in [0.2, 0.25) is 0 Å². The molecule has 6 rings (SSSR count). The average molecular weight is 1280 g/mol. The maximum absolute atomic E-state index is 14.7. The number of nitrogens with zero attached hydrogens (tertiary/aromatic N) is 4. The highest BCUT2D eigenvalue weighted by Gasteiger charge is 2.51. The van der Waals surface area contributed by atoms with Crippen LogP contribution in [0.5, 0.6) is 0 Å². The molecule has 2 aromatic carbocycles. The normalized spacial score (nSPS) is 19.2. The molecule has 1 saturated heterocycles. The number of carboxylic acid groups (broad SMARTS) is 1. The number of esters is 1. The summed E-state index contributed by atoms with van der Waals surface area (Å²) in [7, 11) is 3.77. The van der Waals surface area contributed by atoms with Gasteiger partial charge in [0, 0.05) is 81.5 Å². The van der Waals surface area contributed by atoms with Gasteiger partial charge in [-0.05, 0) is 106 Å². The fourth-order valence-corrected chi connectivity index (χ4v) is 13.4. The number of ketones is 2. The van der Waals surface area contributed by atoms with Crippen LogP contribution in [0, 0.1) is 29.1 Å². The first-order valence-corrected chi connectivity index (χ1v) is 33.3. The van der Waals surface area contributed by atoms with E-state index >= 15 is 0 Å². The molecule has 3 aliphatic rings. The molecule has 7 N–H and O–H groups in total. The number of ether oxygens (including phenoxy) is 1. The van der Waals surface area contributed by atoms with E-state index < -0.39 is 71.4 Å². The van der Waals surface area contributed by atoms with E-state index in [0.717, 1.165) is 35.3 Å². The zero-order valence-corrected chi connectivity index (χ0v) is 55.1. The largest absolute Gasteiger partial charge is 0.481 e. The van der Waals surface area contributed by atoms with Gasteiger partial charge in [-0.15, -0.1) is 11.3 Å². The Bertz CT molecular complexity index is 3060. The number of imide groups is 1. The first kappa shape index (κ1) is 72.4. The summed E-state index contributed by atoms with van der Waals surface area (Å²) in [6.45, 7) is 13.2. The topological polar surface area (TPSA) is 311 Å². The van der Waals surface area contributed by atoms with E-state index in [1.807, 2.05) is 82.3 Å². The Kier molecular flexibility index (Phi) is 27.2. The van der Waals surface area contributed by atoms with Crippen molar-refractivity contribution in [2.45, 2.75) is 188 Å². The Morgan fingerprint density at radius 1 is 0.824 bits per heavy atom. The predicted octanol–water partition coefficient (Wildman–Crippen LogP) is 7.26. The van der Waals surface area contributed by atoms with Crippen molar-refractivity contribution in [2.24, 2.45) is 34.8 Å². The molecule has 1 saturated carbocycles. The van der Waals surface area contributed by atoms with Gasteiger partial charge < -0.3 is 46.2 Å². The smallest absolute Gasteiger partial charge is 0.367 e. The third-order valence-electron chi connectivity index (χ3n) is 18.6. The number of carboxylic acids is 1. The molecule has 22 nitrogen and oxygen atoms in total. The highest BCUT2D eigenvalue weighted by atomic mass is 32.1. The second-order valence-corrected chi connectivity index (χ2v) is 26.8. The maximum Gasteiger partial charge on any atom is 0.367 e.